The van der Waals surface area contributed by atoms with Gasteiger partial charge in [0.2, 0.25) is 0 Å². The molecule has 0 fully saturated rings. The molecule has 4 N–H and O–H groups in total. The molecule has 0 amide bonds. The molecule has 0 aliphatic rings. The number of likely N-dealkylation sites (N-methyl/N-ethyl adjacent to an activating group) is 1. The van der Waals surface area contributed by atoms with E-state index in [1.165, 1.54) is 0 Å². The molecular weight excluding hydrogens is 174 g/mol. The third-order valence-corrected chi connectivity index (χ3v) is 3.18. The highest BCUT2D eigenvalue weighted by Gasteiger charge is 2.38. The SMILES string of the molecule is CN(CC(C)(C)N)C(C)(C)C(C)(C)N. The largest absolute Gasteiger partial charge is 0.324 e. The topological polar surface area (TPSA) is 55.3 Å². The molecule has 0 spiro atoms. The highest BCUT2D eigenvalue weighted by molar-refractivity contribution is 4.99. The molecule has 0 aliphatic carbocycles. The maximum atomic E-state index is 6.15. The Morgan fingerprint density at radius 3 is 1.50 bits per heavy atom. The summed E-state index contributed by atoms with van der Waals surface area (Å²) >= 11 is 0. The fourth-order valence-electron chi connectivity index (χ4n) is 1.30. The van der Waals surface area contributed by atoms with Gasteiger partial charge in [-0.15, -0.1) is 0 Å². The summed E-state index contributed by atoms with van der Waals surface area (Å²) in [5.41, 5.74) is 11.7. The number of nitrogens with zero attached hydrogens (tertiary/aromatic N) is 1. The third-order valence-electron chi connectivity index (χ3n) is 3.18. The molecule has 0 atom stereocenters. The fraction of sp³-hybridized carbons (Fsp3) is 1.00. The molecule has 0 bridgehead atoms. The van der Waals surface area contributed by atoms with E-state index >= 15 is 0 Å². The summed E-state index contributed by atoms with van der Waals surface area (Å²) in [4.78, 5) is 2.23. The number of hydrogen-bond donors (Lipinski definition) is 2. The molecule has 0 aromatic rings. The Hall–Kier alpha value is -0.120. The van der Waals surface area contributed by atoms with E-state index in [4.69, 9.17) is 11.5 Å². The average Bonchev–Trinajstić information content (AvgIpc) is 1.80. The van der Waals surface area contributed by atoms with Gasteiger partial charge in [0.25, 0.3) is 0 Å². The molecule has 86 valence electrons. The molecule has 0 saturated carbocycles. The number of rotatable bonds is 4. The van der Waals surface area contributed by atoms with Crippen molar-refractivity contribution < 1.29 is 0 Å². The van der Waals surface area contributed by atoms with E-state index < -0.39 is 0 Å². The lowest BCUT2D eigenvalue weighted by molar-refractivity contribution is 0.0683. The van der Waals surface area contributed by atoms with E-state index in [1.807, 2.05) is 27.7 Å². The zero-order valence-electron chi connectivity index (χ0n) is 10.8. The fourth-order valence-corrected chi connectivity index (χ4v) is 1.30. The molecule has 0 saturated heterocycles. The minimum absolute atomic E-state index is 0.0658. The van der Waals surface area contributed by atoms with Crippen molar-refractivity contribution in [1.29, 1.82) is 0 Å². The first-order valence-corrected chi connectivity index (χ1v) is 5.17. The predicted molar refractivity (Wildman–Crippen MR) is 63.2 cm³/mol. The first-order chi connectivity index (χ1) is 5.88. The van der Waals surface area contributed by atoms with Crippen molar-refractivity contribution in [3.8, 4) is 0 Å². The molecule has 3 nitrogen and oxygen atoms in total. The van der Waals surface area contributed by atoms with Crippen LogP contribution in [0.15, 0.2) is 0 Å². The van der Waals surface area contributed by atoms with E-state index in [1.54, 1.807) is 0 Å². The zero-order chi connectivity index (χ0) is 11.8. The van der Waals surface area contributed by atoms with E-state index in [0.29, 0.717) is 0 Å². The van der Waals surface area contributed by atoms with Crippen LogP contribution in [0, 0.1) is 0 Å². The molecule has 0 unspecified atom stereocenters. The highest BCUT2D eigenvalue weighted by atomic mass is 15.2. The Bertz CT molecular complexity index is 184. The van der Waals surface area contributed by atoms with Gasteiger partial charge in [0.15, 0.2) is 0 Å². The van der Waals surface area contributed by atoms with Crippen molar-refractivity contribution >= 4 is 0 Å². The van der Waals surface area contributed by atoms with Crippen LogP contribution in [-0.2, 0) is 0 Å². The predicted octanol–water partition coefficient (Wildman–Crippen LogP) is 1.17. The summed E-state index contributed by atoms with van der Waals surface area (Å²) in [5, 5.41) is 0. The smallest absolute Gasteiger partial charge is 0.0325 e. The lowest BCUT2D eigenvalue weighted by atomic mass is 9.81. The molecule has 0 aliphatic heterocycles. The van der Waals surface area contributed by atoms with Crippen LogP contribution in [0.2, 0.25) is 0 Å². The van der Waals surface area contributed by atoms with Crippen LogP contribution in [0.4, 0.5) is 0 Å². The summed E-state index contributed by atoms with van der Waals surface area (Å²) in [6.45, 7) is 13.3. The van der Waals surface area contributed by atoms with Gasteiger partial charge >= 0.3 is 0 Å². The van der Waals surface area contributed by atoms with Gasteiger partial charge in [-0.3, -0.25) is 4.90 Å². The van der Waals surface area contributed by atoms with Crippen LogP contribution in [0.1, 0.15) is 41.5 Å². The van der Waals surface area contributed by atoms with Crippen LogP contribution in [0.5, 0.6) is 0 Å². The zero-order valence-corrected chi connectivity index (χ0v) is 10.8. The maximum Gasteiger partial charge on any atom is 0.0325 e. The van der Waals surface area contributed by atoms with Crippen LogP contribution >= 0.6 is 0 Å². The monoisotopic (exact) mass is 201 g/mol. The molecule has 0 rings (SSSR count). The van der Waals surface area contributed by atoms with Crippen LogP contribution in [0.25, 0.3) is 0 Å². The van der Waals surface area contributed by atoms with Gasteiger partial charge < -0.3 is 11.5 Å². The second-order valence-corrected chi connectivity index (χ2v) is 6.13. The van der Waals surface area contributed by atoms with Crippen molar-refractivity contribution in [2.24, 2.45) is 11.5 Å². The molecule has 0 radical (unpaired) electrons. The van der Waals surface area contributed by atoms with Gasteiger partial charge in [-0.25, -0.2) is 0 Å². The molecule has 14 heavy (non-hydrogen) atoms. The summed E-state index contributed by atoms with van der Waals surface area (Å²) in [6, 6.07) is 0. The minimum atomic E-state index is -0.243. The average molecular weight is 201 g/mol. The van der Waals surface area contributed by atoms with Crippen molar-refractivity contribution in [3.05, 3.63) is 0 Å². The molecule has 3 heteroatoms. The second kappa shape index (κ2) is 3.80. The van der Waals surface area contributed by atoms with Gasteiger partial charge in [-0.1, -0.05) is 0 Å². The van der Waals surface area contributed by atoms with Gasteiger partial charge in [-0.05, 0) is 48.6 Å². The van der Waals surface area contributed by atoms with E-state index in [2.05, 4.69) is 25.8 Å². The summed E-state index contributed by atoms with van der Waals surface area (Å²) in [6.07, 6.45) is 0. The summed E-state index contributed by atoms with van der Waals surface area (Å²) < 4.78 is 0. The van der Waals surface area contributed by atoms with E-state index in [9.17, 15) is 0 Å². The Kier molecular flexibility index (Phi) is 3.76. The normalized spacial score (nSPS) is 15.0. The van der Waals surface area contributed by atoms with E-state index in [0.717, 1.165) is 6.54 Å². The third kappa shape index (κ3) is 3.56. The van der Waals surface area contributed by atoms with Crippen LogP contribution in [0.3, 0.4) is 0 Å². The van der Waals surface area contributed by atoms with Crippen LogP contribution in [-0.4, -0.2) is 35.1 Å². The molecule has 0 aromatic carbocycles. The van der Waals surface area contributed by atoms with Crippen molar-refractivity contribution in [3.63, 3.8) is 0 Å². The molecular formula is C11H27N3. The van der Waals surface area contributed by atoms with Gasteiger partial charge in [-0.2, -0.15) is 0 Å². The number of nitrogens with two attached hydrogens (primary N) is 2. The Labute approximate surface area is 88.8 Å². The quantitative estimate of drug-likeness (QED) is 0.718. The Morgan fingerprint density at radius 1 is 0.929 bits per heavy atom. The summed E-state index contributed by atoms with van der Waals surface area (Å²) in [7, 11) is 2.07. The second-order valence-electron chi connectivity index (χ2n) is 6.13. The Morgan fingerprint density at radius 2 is 1.29 bits per heavy atom. The van der Waals surface area contributed by atoms with E-state index in [-0.39, 0.29) is 16.6 Å². The van der Waals surface area contributed by atoms with Crippen molar-refractivity contribution in [1.82, 2.24) is 4.90 Å². The summed E-state index contributed by atoms with van der Waals surface area (Å²) in [5.74, 6) is 0. The van der Waals surface area contributed by atoms with Crippen LogP contribution < -0.4 is 11.5 Å². The Balaban J connectivity index is 4.61. The first kappa shape index (κ1) is 13.9. The highest BCUT2D eigenvalue weighted by Crippen LogP contribution is 2.25. The molecule has 0 aromatic heterocycles. The standard InChI is InChI=1S/C11H27N3/c1-9(2,12)8-14(7)11(5,6)10(3,4)13/h8,12-13H2,1-7H3. The maximum absolute atomic E-state index is 6.15. The molecule has 0 heterocycles. The lowest BCUT2D eigenvalue weighted by Crippen LogP contribution is -2.64. The van der Waals surface area contributed by atoms with Crippen molar-refractivity contribution in [2.45, 2.75) is 58.2 Å². The first-order valence-electron chi connectivity index (χ1n) is 5.17. The minimum Gasteiger partial charge on any atom is -0.324 e. The van der Waals surface area contributed by atoms with Crippen molar-refractivity contribution in [2.75, 3.05) is 13.6 Å². The lowest BCUT2D eigenvalue weighted by Gasteiger charge is -2.47. The van der Waals surface area contributed by atoms with Gasteiger partial charge in [0.05, 0.1) is 0 Å². The number of hydrogen-bond acceptors (Lipinski definition) is 3. The van der Waals surface area contributed by atoms with Gasteiger partial charge in [0.1, 0.15) is 0 Å². The van der Waals surface area contributed by atoms with Gasteiger partial charge in [0, 0.05) is 23.2 Å².